The van der Waals surface area contributed by atoms with Gasteiger partial charge in [-0.2, -0.15) is 0 Å². The number of carbonyl (C=O) groups excluding carboxylic acids is 1. The van der Waals surface area contributed by atoms with Crippen molar-refractivity contribution in [3.05, 3.63) is 77.4 Å². The minimum absolute atomic E-state index is 0. The second-order valence-corrected chi connectivity index (χ2v) is 7.84. The van der Waals surface area contributed by atoms with Gasteiger partial charge in [0.2, 0.25) is 0 Å². The predicted molar refractivity (Wildman–Crippen MR) is 125 cm³/mol. The summed E-state index contributed by atoms with van der Waals surface area (Å²) in [5.41, 5.74) is 2.55. The Kier molecular flexibility index (Phi) is 12.0. The zero-order chi connectivity index (χ0) is 20.2. The van der Waals surface area contributed by atoms with Crippen LogP contribution in [-0.2, 0) is 11.3 Å². The van der Waals surface area contributed by atoms with E-state index >= 15 is 0 Å². The maximum absolute atomic E-state index is 8.00. The van der Waals surface area contributed by atoms with Crippen molar-refractivity contribution in [2.75, 3.05) is 38.5 Å². The molecule has 0 saturated carbocycles. The van der Waals surface area contributed by atoms with E-state index < -0.39 is 0 Å². The third-order valence-corrected chi connectivity index (χ3v) is 5.49. The number of aryl methyl sites for hydroxylation is 1. The van der Waals surface area contributed by atoms with Crippen molar-refractivity contribution in [1.29, 1.82) is 0 Å². The highest BCUT2D eigenvalue weighted by molar-refractivity contribution is 8.02. The molecule has 5 heteroatoms. The molecule has 4 nitrogen and oxygen atoms in total. The van der Waals surface area contributed by atoms with Crippen molar-refractivity contribution >= 4 is 18.6 Å². The highest BCUT2D eigenvalue weighted by Gasteiger charge is 2.16. The van der Waals surface area contributed by atoms with E-state index in [9.17, 15) is 0 Å². The summed E-state index contributed by atoms with van der Waals surface area (Å²) < 4.78 is 5.86. The summed E-state index contributed by atoms with van der Waals surface area (Å²) in [6, 6.07) is 18.8. The second-order valence-electron chi connectivity index (χ2n) is 6.69. The maximum atomic E-state index is 8.00. The van der Waals surface area contributed by atoms with E-state index in [4.69, 9.17) is 9.53 Å². The van der Waals surface area contributed by atoms with Crippen molar-refractivity contribution in [3.8, 4) is 5.75 Å². The van der Waals surface area contributed by atoms with Crippen LogP contribution in [0.15, 0.2) is 66.3 Å². The first-order valence-electron chi connectivity index (χ1n) is 9.53. The fraction of sp³-hybridized carbons (Fsp3) is 0.375. The van der Waals surface area contributed by atoms with Gasteiger partial charge in [0.25, 0.3) is 0 Å². The van der Waals surface area contributed by atoms with Gasteiger partial charge in [-0.05, 0) is 30.7 Å². The standard InChI is InChI=1S/C22H28N2OS.CH2O.CH4/c1-19-8-6-7-11-22(19)25-20(2)26-17-16-23-12-14-24(15-13-23)18-21-9-4-3-5-10-21;1-2;/h3-11H,2,12-18H2,1H3;1H2;1H4. The van der Waals surface area contributed by atoms with Gasteiger partial charge in [0, 0.05) is 45.0 Å². The van der Waals surface area contributed by atoms with E-state index in [-0.39, 0.29) is 7.43 Å². The molecule has 3 rings (SSSR count). The van der Waals surface area contributed by atoms with E-state index in [1.165, 1.54) is 5.56 Å². The van der Waals surface area contributed by atoms with Crippen LogP contribution in [0.25, 0.3) is 0 Å². The van der Waals surface area contributed by atoms with Crippen LogP contribution in [0.1, 0.15) is 18.6 Å². The summed E-state index contributed by atoms with van der Waals surface area (Å²) in [6.07, 6.45) is 0. The van der Waals surface area contributed by atoms with Gasteiger partial charge in [0.15, 0.2) is 5.09 Å². The number of carbonyl (C=O) groups is 1. The summed E-state index contributed by atoms with van der Waals surface area (Å²) in [6.45, 7) is 14.8. The number of ether oxygens (including phenoxy) is 1. The van der Waals surface area contributed by atoms with E-state index in [1.807, 2.05) is 25.0 Å². The fourth-order valence-electron chi connectivity index (χ4n) is 3.12. The number of para-hydroxylation sites is 1. The van der Waals surface area contributed by atoms with Gasteiger partial charge in [0.1, 0.15) is 12.5 Å². The molecule has 1 aliphatic rings. The molecule has 158 valence electrons. The zero-order valence-electron chi connectivity index (χ0n) is 16.7. The van der Waals surface area contributed by atoms with Crippen molar-refractivity contribution in [2.45, 2.75) is 20.9 Å². The first kappa shape index (κ1) is 25.0. The lowest BCUT2D eigenvalue weighted by Gasteiger charge is -2.34. The Morgan fingerprint density at radius 1 is 0.966 bits per heavy atom. The Morgan fingerprint density at radius 3 is 2.21 bits per heavy atom. The summed E-state index contributed by atoms with van der Waals surface area (Å²) in [5, 5.41) is 0.780. The monoisotopic (exact) mass is 414 g/mol. The first-order valence-corrected chi connectivity index (χ1v) is 10.5. The molecule has 1 fully saturated rings. The maximum Gasteiger partial charge on any atom is 0.153 e. The van der Waals surface area contributed by atoms with E-state index in [0.717, 1.165) is 61.4 Å². The highest BCUT2D eigenvalue weighted by Crippen LogP contribution is 2.23. The van der Waals surface area contributed by atoms with Gasteiger partial charge >= 0.3 is 0 Å². The van der Waals surface area contributed by atoms with Crippen LogP contribution in [0.2, 0.25) is 0 Å². The number of piperazine rings is 1. The molecule has 1 heterocycles. The topological polar surface area (TPSA) is 32.8 Å². The molecule has 0 spiro atoms. The molecule has 0 unspecified atom stereocenters. The number of nitrogens with zero attached hydrogens (tertiary/aromatic N) is 2. The molecule has 0 radical (unpaired) electrons. The van der Waals surface area contributed by atoms with Crippen LogP contribution < -0.4 is 4.74 Å². The lowest BCUT2D eigenvalue weighted by Crippen LogP contribution is -2.46. The largest absolute Gasteiger partial charge is 0.451 e. The first-order chi connectivity index (χ1) is 13.7. The van der Waals surface area contributed by atoms with Gasteiger partial charge in [-0.25, -0.2) is 0 Å². The van der Waals surface area contributed by atoms with Crippen LogP contribution in [0.5, 0.6) is 5.75 Å². The van der Waals surface area contributed by atoms with Crippen molar-refractivity contribution in [1.82, 2.24) is 9.80 Å². The van der Waals surface area contributed by atoms with Crippen molar-refractivity contribution in [3.63, 3.8) is 0 Å². The van der Waals surface area contributed by atoms with Crippen molar-refractivity contribution in [2.24, 2.45) is 0 Å². The van der Waals surface area contributed by atoms with Gasteiger partial charge < -0.3 is 9.53 Å². The van der Waals surface area contributed by atoms with E-state index in [2.05, 4.69) is 59.7 Å². The van der Waals surface area contributed by atoms with Gasteiger partial charge in [-0.1, -0.05) is 67.7 Å². The van der Waals surface area contributed by atoms with Crippen LogP contribution in [0.4, 0.5) is 0 Å². The van der Waals surface area contributed by atoms with Gasteiger partial charge in [0.05, 0.1) is 0 Å². The summed E-state index contributed by atoms with van der Waals surface area (Å²) in [5.74, 6) is 1.92. The van der Waals surface area contributed by atoms with Crippen molar-refractivity contribution < 1.29 is 9.53 Å². The number of benzene rings is 2. The minimum atomic E-state index is 0. The second kappa shape index (κ2) is 14.0. The average molecular weight is 415 g/mol. The molecule has 29 heavy (non-hydrogen) atoms. The van der Waals surface area contributed by atoms with Crippen LogP contribution in [0.3, 0.4) is 0 Å². The Morgan fingerprint density at radius 2 is 1.55 bits per heavy atom. The van der Waals surface area contributed by atoms with Crippen LogP contribution in [0, 0.1) is 6.92 Å². The highest BCUT2D eigenvalue weighted by atomic mass is 32.2. The smallest absolute Gasteiger partial charge is 0.153 e. The molecule has 0 bridgehead atoms. The molecule has 0 aromatic heterocycles. The lowest BCUT2D eigenvalue weighted by atomic mass is 10.2. The molecule has 1 aliphatic heterocycles. The van der Waals surface area contributed by atoms with Gasteiger partial charge in [-0.3, -0.25) is 9.80 Å². The Hall–Kier alpha value is -2.08. The SMILES string of the molecule is C.C=C(Oc1ccccc1C)SCCN1CCN(Cc2ccccc2)CC1.C=O. The molecule has 2 aromatic rings. The van der Waals surface area contributed by atoms with Crippen LogP contribution >= 0.6 is 11.8 Å². The molecule has 2 aromatic carbocycles. The van der Waals surface area contributed by atoms with E-state index in [1.54, 1.807) is 11.8 Å². The molecule has 0 amide bonds. The lowest BCUT2D eigenvalue weighted by molar-refractivity contribution is -0.0979. The Balaban J connectivity index is 0.00000136. The molecular weight excluding hydrogens is 380 g/mol. The molecule has 0 N–H and O–H groups in total. The fourth-order valence-corrected chi connectivity index (χ4v) is 3.85. The Bertz CT molecular complexity index is 716. The zero-order valence-corrected chi connectivity index (χ0v) is 17.5. The molecule has 0 aliphatic carbocycles. The van der Waals surface area contributed by atoms with Gasteiger partial charge in [-0.15, -0.1) is 0 Å². The molecule has 0 atom stereocenters. The quantitative estimate of drug-likeness (QED) is 0.577. The molecular formula is C24H34N2O2S. The number of thioether (sulfide) groups is 1. The number of hydrogen-bond acceptors (Lipinski definition) is 5. The number of rotatable bonds is 8. The summed E-state index contributed by atoms with van der Waals surface area (Å²) in [4.78, 5) is 13.1. The third-order valence-electron chi connectivity index (χ3n) is 4.70. The van der Waals surface area contributed by atoms with Crippen LogP contribution in [-0.4, -0.2) is 55.1 Å². The summed E-state index contributed by atoms with van der Waals surface area (Å²) in [7, 11) is 0. The van der Waals surface area contributed by atoms with E-state index in [0.29, 0.717) is 0 Å². The average Bonchev–Trinajstić information content (AvgIpc) is 2.73. The Labute approximate surface area is 180 Å². The third kappa shape index (κ3) is 8.86. The minimum Gasteiger partial charge on any atom is -0.451 e. The molecule has 1 saturated heterocycles. The normalized spacial score (nSPS) is 14.2. The summed E-state index contributed by atoms with van der Waals surface area (Å²) >= 11 is 1.71. The number of hydrogen-bond donors (Lipinski definition) is 0. The predicted octanol–water partition coefficient (Wildman–Crippen LogP) is 4.85.